The second-order valence-corrected chi connectivity index (χ2v) is 7.44. The Labute approximate surface area is 137 Å². The summed E-state index contributed by atoms with van der Waals surface area (Å²) in [5.41, 5.74) is 0.463. The Kier molecular flexibility index (Phi) is 5.21. The SMILES string of the molecule is CO[C@H]1CC[C@H](C(=O)Nc2cccc(S(=O)(=O)C(F)(F)F)c2)[C@@H]1N. The summed E-state index contributed by atoms with van der Waals surface area (Å²) in [6, 6.07) is 3.50. The number of nitrogens with one attached hydrogen (secondary N) is 1. The molecule has 0 unspecified atom stereocenters. The van der Waals surface area contributed by atoms with Gasteiger partial charge in [-0.2, -0.15) is 13.2 Å². The first-order chi connectivity index (χ1) is 11.1. The largest absolute Gasteiger partial charge is 0.501 e. The molecule has 0 radical (unpaired) electrons. The van der Waals surface area contributed by atoms with Crippen molar-refractivity contribution in [1.82, 2.24) is 0 Å². The molecular weight excluding hydrogens is 349 g/mol. The van der Waals surface area contributed by atoms with E-state index in [1.54, 1.807) is 0 Å². The maximum Gasteiger partial charge on any atom is 0.501 e. The van der Waals surface area contributed by atoms with Crippen molar-refractivity contribution in [3.8, 4) is 0 Å². The van der Waals surface area contributed by atoms with Gasteiger partial charge in [-0.1, -0.05) is 6.07 Å². The summed E-state index contributed by atoms with van der Waals surface area (Å²) >= 11 is 0. The molecule has 3 N–H and O–H groups in total. The summed E-state index contributed by atoms with van der Waals surface area (Å²) in [7, 11) is -3.99. The van der Waals surface area contributed by atoms with E-state index in [9.17, 15) is 26.4 Å². The molecule has 0 bridgehead atoms. The predicted molar refractivity (Wildman–Crippen MR) is 79.8 cm³/mol. The smallest absolute Gasteiger partial charge is 0.380 e. The second kappa shape index (κ2) is 6.69. The van der Waals surface area contributed by atoms with Crippen molar-refractivity contribution in [2.24, 2.45) is 11.7 Å². The number of alkyl halides is 3. The standard InChI is InChI=1S/C14H17F3N2O4S/c1-23-11-6-5-10(12(11)18)13(20)19-8-3-2-4-9(7-8)24(21,22)14(15,16)17/h2-4,7,10-12H,5-6,18H2,1H3,(H,19,20)/t10-,11-,12-/m0/s1. The van der Waals surface area contributed by atoms with Crippen LogP contribution in [0.15, 0.2) is 29.2 Å². The van der Waals surface area contributed by atoms with Crippen LogP contribution in [-0.2, 0) is 19.4 Å². The van der Waals surface area contributed by atoms with Crippen LogP contribution < -0.4 is 11.1 Å². The summed E-state index contributed by atoms with van der Waals surface area (Å²) in [6.07, 6.45) is 0.808. The molecule has 0 aliphatic heterocycles. The minimum Gasteiger partial charge on any atom is -0.380 e. The fraction of sp³-hybridized carbons (Fsp3) is 0.500. The lowest BCUT2D eigenvalue weighted by Gasteiger charge is -2.19. The minimum absolute atomic E-state index is 0.0432. The molecule has 1 aromatic carbocycles. The van der Waals surface area contributed by atoms with E-state index in [0.717, 1.165) is 18.2 Å². The summed E-state index contributed by atoms with van der Waals surface area (Å²) in [6.45, 7) is 0. The highest BCUT2D eigenvalue weighted by atomic mass is 32.2. The van der Waals surface area contributed by atoms with E-state index >= 15 is 0 Å². The zero-order valence-corrected chi connectivity index (χ0v) is 13.5. The van der Waals surface area contributed by atoms with Crippen LogP contribution in [0.3, 0.4) is 0 Å². The van der Waals surface area contributed by atoms with Crippen LogP contribution in [0.4, 0.5) is 18.9 Å². The Morgan fingerprint density at radius 3 is 2.54 bits per heavy atom. The Hall–Kier alpha value is -1.65. The number of nitrogens with two attached hydrogens (primary N) is 1. The maximum absolute atomic E-state index is 12.6. The molecule has 1 aromatic rings. The van der Waals surface area contributed by atoms with Crippen molar-refractivity contribution in [3.63, 3.8) is 0 Å². The molecule has 1 aliphatic carbocycles. The molecule has 1 amide bonds. The number of halogens is 3. The third kappa shape index (κ3) is 3.55. The lowest BCUT2D eigenvalue weighted by molar-refractivity contribution is -0.120. The van der Waals surface area contributed by atoms with Gasteiger partial charge in [-0.3, -0.25) is 4.79 Å². The van der Waals surface area contributed by atoms with Crippen LogP contribution in [-0.4, -0.2) is 39.1 Å². The zero-order valence-electron chi connectivity index (χ0n) is 12.7. The number of hydrogen-bond donors (Lipinski definition) is 2. The Bertz CT molecular complexity index is 721. The highest BCUT2D eigenvalue weighted by molar-refractivity contribution is 7.92. The monoisotopic (exact) mass is 366 g/mol. The Morgan fingerprint density at radius 1 is 1.33 bits per heavy atom. The minimum atomic E-state index is -5.47. The Balaban J connectivity index is 2.18. The van der Waals surface area contributed by atoms with E-state index in [1.165, 1.54) is 13.2 Å². The van der Waals surface area contributed by atoms with E-state index in [1.807, 2.05) is 0 Å². The molecule has 2 rings (SSSR count). The third-order valence-corrected chi connectivity index (χ3v) is 5.50. The van der Waals surface area contributed by atoms with Crippen molar-refractivity contribution in [2.75, 3.05) is 12.4 Å². The number of anilines is 1. The van der Waals surface area contributed by atoms with Crippen molar-refractivity contribution >= 4 is 21.4 Å². The van der Waals surface area contributed by atoms with Gasteiger partial charge in [0.15, 0.2) is 0 Å². The van der Waals surface area contributed by atoms with Crippen LogP contribution in [0.25, 0.3) is 0 Å². The number of rotatable bonds is 4. The highest BCUT2D eigenvalue weighted by Gasteiger charge is 2.47. The second-order valence-electron chi connectivity index (χ2n) is 5.50. The zero-order chi connectivity index (χ0) is 18.1. The van der Waals surface area contributed by atoms with Gasteiger partial charge in [0.2, 0.25) is 5.91 Å². The van der Waals surface area contributed by atoms with E-state index in [2.05, 4.69) is 5.32 Å². The number of methoxy groups -OCH3 is 1. The quantitative estimate of drug-likeness (QED) is 0.845. The molecule has 1 aliphatic rings. The molecule has 0 heterocycles. The third-order valence-electron chi connectivity index (χ3n) is 4.01. The van der Waals surface area contributed by atoms with Gasteiger partial charge in [-0.25, -0.2) is 8.42 Å². The molecular formula is C14H17F3N2O4S. The average molecular weight is 366 g/mol. The van der Waals surface area contributed by atoms with Crippen LogP contribution in [0.5, 0.6) is 0 Å². The number of sulfone groups is 1. The molecule has 6 nitrogen and oxygen atoms in total. The molecule has 3 atom stereocenters. The Morgan fingerprint density at radius 2 is 2.00 bits per heavy atom. The fourth-order valence-electron chi connectivity index (χ4n) is 2.68. The van der Waals surface area contributed by atoms with Gasteiger partial charge in [0.1, 0.15) is 0 Å². The average Bonchev–Trinajstić information content (AvgIpc) is 2.87. The van der Waals surface area contributed by atoms with Crippen molar-refractivity contribution in [2.45, 2.75) is 35.4 Å². The number of carbonyl (C=O) groups is 1. The van der Waals surface area contributed by atoms with Gasteiger partial charge in [0, 0.05) is 18.8 Å². The van der Waals surface area contributed by atoms with Crippen LogP contribution in [0.2, 0.25) is 0 Å². The summed E-state index contributed by atoms with van der Waals surface area (Å²) in [4.78, 5) is 11.3. The van der Waals surface area contributed by atoms with Crippen LogP contribution in [0, 0.1) is 5.92 Å². The summed E-state index contributed by atoms with van der Waals surface area (Å²) in [5.74, 6) is -1.04. The number of ether oxygens (including phenoxy) is 1. The topological polar surface area (TPSA) is 98.5 Å². The fourth-order valence-corrected chi connectivity index (χ4v) is 3.49. The van der Waals surface area contributed by atoms with Gasteiger partial charge in [0.05, 0.1) is 16.9 Å². The molecule has 10 heteroatoms. The van der Waals surface area contributed by atoms with Gasteiger partial charge < -0.3 is 15.8 Å². The first-order valence-electron chi connectivity index (χ1n) is 7.08. The molecule has 0 aromatic heterocycles. The lowest BCUT2D eigenvalue weighted by Crippen LogP contribution is -2.41. The molecule has 1 fully saturated rings. The van der Waals surface area contributed by atoms with E-state index in [4.69, 9.17) is 10.5 Å². The first kappa shape index (κ1) is 18.7. The highest BCUT2D eigenvalue weighted by Crippen LogP contribution is 2.32. The number of hydrogen-bond acceptors (Lipinski definition) is 5. The van der Waals surface area contributed by atoms with Gasteiger partial charge in [0.25, 0.3) is 9.84 Å². The summed E-state index contributed by atoms with van der Waals surface area (Å²) in [5, 5.41) is 2.42. The van der Waals surface area contributed by atoms with Crippen molar-refractivity contribution in [1.29, 1.82) is 0 Å². The molecule has 134 valence electrons. The molecule has 1 saturated carbocycles. The number of benzene rings is 1. The van der Waals surface area contributed by atoms with Crippen molar-refractivity contribution in [3.05, 3.63) is 24.3 Å². The van der Waals surface area contributed by atoms with E-state index in [0.29, 0.717) is 12.8 Å². The molecule has 0 saturated heterocycles. The first-order valence-corrected chi connectivity index (χ1v) is 8.57. The lowest BCUT2D eigenvalue weighted by atomic mass is 10.0. The maximum atomic E-state index is 12.6. The van der Waals surface area contributed by atoms with Crippen LogP contribution >= 0.6 is 0 Å². The van der Waals surface area contributed by atoms with Crippen molar-refractivity contribution < 1.29 is 31.1 Å². The number of carbonyl (C=O) groups excluding carboxylic acids is 1. The van der Waals surface area contributed by atoms with E-state index < -0.39 is 38.1 Å². The molecule has 24 heavy (non-hydrogen) atoms. The van der Waals surface area contributed by atoms with E-state index in [-0.39, 0.29) is 11.8 Å². The van der Waals surface area contributed by atoms with Gasteiger partial charge >= 0.3 is 5.51 Å². The normalized spacial score (nSPS) is 24.8. The summed E-state index contributed by atoms with van der Waals surface area (Å²) < 4.78 is 65.7. The van der Waals surface area contributed by atoms with Gasteiger partial charge in [-0.15, -0.1) is 0 Å². The van der Waals surface area contributed by atoms with Gasteiger partial charge in [-0.05, 0) is 31.0 Å². The molecule has 0 spiro atoms. The number of amides is 1. The van der Waals surface area contributed by atoms with Crippen LogP contribution in [0.1, 0.15) is 12.8 Å². The predicted octanol–water partition coefficient (Wildman–Crippen LogP) is 1.67.